The van der Waals surface area contributed by atoms with Crippen LogP contribution in [-0.2, 0) is 0 Å². The molecule has 1 unspecified atom stereocenters. The van der Waals surface area contributed by atoms with Gasteiger partial charge in [0.2, 0.25) is 0 Å². The second-order valence-corrected chi connectivity index (χ2v) is 6.36. The lowest BCUT2D eigenvalue weighted by Gasteiger charge is -2.20. The summed E-state index contributed by atoms with van der Waals surface area (Å²) >= 11 is 5.15. The fourth-order valence-electron chi connectivity index (χ4n) is 2.02. The topological polar surface area (TPSA) is 23.5 Å². The molecule has 0 aliphatic heterocycles. The monoisotopic (exact) mass is 327 g/mol. The van der Waals surface area contributed by atoms with E-state index in [0.717, 1.165) is 22.4 Å². The molecule has 2 rings (SSSR count). The first-order valence-corrected chi connectivity index (χ1v) is 7.84. The number of fused-ring (bicyclic) bond motifs is 1. The number of halogens is 1. The Kier molecular flexibility index (Phi) is 4.78. The van der Waals surface area contributed by atoms with Gasteiger partial charge in [-0.1, -0.05) is 29.8 Å². The number of nitrogens with zero attached hydrogens (tertiary/aromatic N) is 1. The maximum atomic E-state index is 10.3. The molecule has 0 bridgehead atoms. The lowest BCUT2D eigenvalue weighted by Crippen LogP contribution is -2.27. The molecule has 0 radical (unpaired) electrons. The van der Waals surface area contributed by atoms with E-state index in [0.29, 0.717) is 6.54 Å². The van der Waals surface area contributed by atoms with Crippen LogP contribution in [0.15, 0.2) is 28.7 Å². The van der Waals surface area contributed by atoms with Crippen LogP contribution in [0, 0.1) is 0 Å². The van der Waals surface area contributed by atoms with E-state index < -0.39 is 0 Å². The minimum Gasteiger partial charge on any atom is -0.386 e. The fourth-order valence-corrected chi connectivity index (χ4v) is 3.42. The Balaban J connectivity index is 2.20. The molecule has 0 spiro atoms. The molecule has 1 aromatic heterocycles. The smallest absolute Gasteiger partial charge is 0.101 e. The number of aliphatic hydroxyl groups is 1. The van der Waals surface area contributed by atoms with Crippen molar-refractivity contribution in [1.29, 1.82) is 0 Å². The van der Waals surface area contributed by atoms with E-state index in [-0.39, 0.29) is 6.10 Å². The first-order valence-electron chi connectivity index (χ1n) is 6.23. The number of rotatable bonds is 5. The molecule has 1 atom stereocenters. The summed E-state index contributed by atoms with van der Waals surface area (Å²) in [5, 5.41) is 11.5. The quantitative estimate of drug-likeness (QED) is 0.895. The zero-order valence-electron chi connectivity index (χ0n) is 10.7. The van der Waals surface area contributed by atoms with Gasteiger partial charge in [0.1, 0.15) is 6.10 Å². The third-order valence-corrected chi connectivity index (χ3v) is 4.86. The highest BCUT2D eigenvalue weighted by Crippen LogP contribution is 2.32. The van der Waals surface area contributed by atoms with Gasteiger partial charge in [0.15, 0.2) is 0 Å². The van der Waals surface area contributed by atoms with Crippen LogP contribution >= 0.6 is 27.3 Å². The van der Waals surface area contributed by atoms with Gasteiger partial charge in [0.25, 0.3) is 0 Å². The van der Waals surface area contributed by atoms with E-state index >= 15 is 0 Å². The zero-order valence-corrected chi connectivity index (χ0v) is 13.1. The molecular weight excluding hydrogens is 310 g/mol. The van der Waals surface area contributed by atoms with Crippen molar-refractivity contribution >= 4 is 37.4 Å². The molecule has 2 nitrogen and oxygen atoms in total. The second kappa shape index (κ2) is 6.15. The highest BCUT2D eigenvalue weighted by atomic mass is 79.9. The summed E-state index contributed by atoms with van der Waals surface area (Å²) in [6.07, 6.45) is -0.388. The van der Waals surface area contributed by atoms with Crippen molar-refractivity contribution in [3.05, 3.63) is 33.6 Å². The molecule has 4 heteroatoms. The van der Waals surface area contributed by atoms with Gasteiger partial charge < -0.3 is 10.0 Å². The maximum absolute atomic E-state index is 10.3. The Bertz CT molecular complexity index is 521. The first kappa shape index (κ1) is 14.0. The van der Waals surface area contributed by atoms with Crippen LogP contribution in [0.2, 0.25) is 0 Å². The van der Waals surface area contributed by atoms with Gasteiger partial charge in [0, 0.05) is 20.6 Å². The molecule has 0 amide bonds. The third kappa shape index (κ3) is 3.12. The number of hydrogen-bond acceptors (Lipinski definition) is 3. The number of likely N-dealkylation sites (N-methyl/N-ethyl adjacent to an activating group) is 1. The van der Waals surface area contributed by atoms with Crippen LogP contribution in [0.4, 0.5) is 0 Å². The normalized spacial score (nSPS) is 13.4. The summed E-state index contributed by atoms with van der Waals surface area (Å²) in [7, 11) is 0. The first-order chi connectivity index (χ1) is 8.63. The predicted molar refractivity (Wildman–Crippen MR) is 82.3 cm³/mol. The highest BCUT2D eigenvalue weighted by Gasteiger charge is 2.14. The maximum Gasteiger partial charge on any atom is 0.101 e. The molecule has 0 aliphatic rings. The standard InChI is InChI=1S/C14H18BrNOS/c1-3-16(4-2)9-12(17)14-8-10-7-11(15)5-6-13(10)18-14/h5-8,12,17H,3-4,9H2,1-2H3. The average Bonchev–Trinajstić information content (AvgIpc) is 2.78. The van der Waals surface area contributed by atoms with Crippen molar-refractivity contribution in [3.63, 3.8) is 0 Å². The summed E-state index contributed by atoms with van der Waals surface area (Å²) < 4.78 is 2.31. The summed E-state index contributed by atoms with van der Waals surface area (Å²) in [5.41, 5.74) is 0. The second-order valence-electron chi connectivity index (χ2n) is 4.33. The van der Waals surface area contributed by atoms with Crippen molar-refractivity contribution in [2.24, 2.45) is 0 Å². The Morgan fingerprint density at radius 2 is 2.00 bits per heavy atom. The summed E-state index contributed by atoms with van der Waals surface area (Å²) in [6.45, 7) is 6.91. The van der Waals surface area contributed by atoms with E-state index in [4.69, 9.17) is 0 Å². The molecule has 0 fully saturated rings. The molecule has 2 aromatic rings. The predicted octanol–water partition coefficient (Wildman–Crippen LogP) is 4.04. The average molecular weight is 328 g/mol. The Labute approximate surface area is 120 Å². The van der Waals surface area contributed by atoms with E-state index in [9.17, 15) is 5.11 Å². The van der Waals surface area contributed by atoms with Gasteiger partial charge in [-0.05, 0) is 42.7 Å². The molecular formula is C14H18BrNOS. The summed E-state index contributed by atoms with van der Waals surface area (Å²) in [4.78, 5) is 3.29. The van der Waals surface area contributed by atoms with Gasteiger partial charge in [-0.2, -0.15) is 0 Å². The summed E-state index contributed by atoms with van der Waals surface area (Å²) in [5.74, 6) is 0. The van der Waals surface area contributed by atoms with Gasteiger partial charge in [-0.3, -0.25) is 0 Å². The minimum atomic E-state index is -0.388. The van der Waals surface area contributed by atoms with E-state index in [1.807, 2.05) is 6.07 Å². The number of thiophene rings is 1. The number of benzene rings is 1. The fraction of sp³-hybridized carbons (Fsp3) is 0.429. The molecule has 0 saturated carbocycles. The van der Waals surface area contributed by atoms with Crippen molar-refractivity contribution in [2.45, 2.75) is 20.0 Å². The van der Waals surface area contributed by atoms with Crippen LogP contribution < -0.4 is 0 Å². The largest absolute Gasteiger partial charge is 0.386 e. The lowest BCUT2D eigenvalue weighted by atomic mass is 10.2. The number of aliphatic hydroxyl groups excluding tert-OH is 1. The van der Waals surface area contributed by atoms with Gasteiger partial charge in [-0.15, -0.1) is 11.3 Å². The molecule has 0 aliphatic carbocycles. The molecule has 18 heavy (non-hydrogen) atoms. The van der Waals surface area contributed by atoms with E-state index in [2.05, 4.69) is 52.9 Å². The van der Waals surface area contributed by atoms with Crippen LogP contribution in [0.25, 0.3) is 10.1 Å². The van der Waals surface area contributed by atoms with Gasteiger partial charge in [-0.25, -0.2) is 0 Å². The zero-order chi connectivity index (χ0) is 13.1. The van der Waals surface area contributed by atoms with Gasteiger partial charge >= 0.3 is 0 Å². The van der Waals surface area contributed by atoms with Crippen molar-refractivity contribution in [3.8, 4) is 0 Å². The third-order valence-electron chi connectivity index (χ3n) is 3.15. The van der Waals surface area contributed by atoms with Crippen molar-refractivity contribution in [1.82, 2.24) is 4.90 Å². The van der Waals surface area contributed by atoms with Crippen LogP contribution in [0.5, 0.6) is 0 Å². The SMILES string of the molecule is CCN(CC)CC(O)c1cc2cc(Br)ccc2s1. The molecule has 1 heterocycles. The van der Waals surface area contributed by atoms with E-state index in [1.54, 1.807) is 11.3 Å². The molecule has 0 saturated heterocycles. The molecule has 98 valence electrons. The molecule has 1 aromatic carbocycles. The van der Waals surface area contributed by atoms with Crippen molar-refractivity contribution < 1.29 is 5.11 Å². The highest BCUT2D eigenvalue weighted by molar-refractivity contribution is 9.10. The van der Waals surface area contributed by atoms with Crippen molar-refractivity contribution in [2.75, 3.05) is 19.6 Å². The summed E-state index contributed by atoms with van der Waals surface area (Å²) in [6, 6.07) is 8.33. The van der Waals surface area contributed by atoms with E-state index in [1.165, 1.54) is 10.1 Å². The Morgan fingerprint density at radius 1 is 1.28 bits per heavy atom. The molecule has 1 N–H and O–H groups in total. The van der Waals surface area contributed by atoms with Crippen LogP contribution in [-0.4, -0.2) is 29.6 Å². The van der Waals surface area contributed by atoms with Crippen LogP contribution in [0.1, 0.15) is 24.8 Å². The van der Waals surface area contributed by atoms with Gasteiger partial charge in [0.05, 0.1) is 0 Å². The minimum absolute atomic E-state index is 0.388. The Hall–Kier alpha value is -0.420. The number of hydrogen-bond donors (Lipinski definition) is 1. The Morgan fingerprint density at radius 3 is 2.67 bits per heavy atom. The lowest BCUT2D eigenvalue weighted by molar-refractivity contribution is 0.122. The van der Waals surface area contributed by atoms with Crippen LogP contribution in [0.3, 0.4) is 0 Å².